The van der Waals surface area contributed by atoms with Crippen LogP contribution in [0.25, 0.3) is 0 Å². The van der Waals surface area contributed by atoms with Crippen molar-refractivity contribution in [2.45, 2.75) is 19.9 Å². The van der Waals surface area contributed by atoms with Gasteiger partial charge in [-0.15, -0.1) is 0 Å². The van der Waals surface area contributed by atoms with E-state index in [0.717, 1.165) is 27.9 Å². The highest BCUT2D eigenvalue weighted by molar-refractivity contribution is 9.10. The molecule has 0 heterocycles. The lowest BCUT2D eigenvalue weighted by Gasteiger charge is -2.13. The summed E-state index contributed by atoms with van der Waals surface area (Å²) in [5, 5.41) is 13.9. The molecule has 0 radical (unpaired) electrons. The maximum absolute atomic E-state index is 10.6. The molecule has 22 heavy (non-hydrogen) atoms. The van der Waals surface area contributed by atoms with Crippen LogP contribution in [-0.4, -0.2) is 11.5 Å². The highest BCUT2D eigenvalue weighted by Crippen LogP contribution is 2.25. The highest BCUT2D eigenvalue weighted by Gasteiger charge is 2.06. The van der Waals surface area contributed by atoms with Gasteiger partial charge in [0.1, 0.15) is 5.75 Å². The number of rotatable bonds is 7. The summed E-state index contributed by atoms with van der Waals surface area (Å²) in [5.41, 5.74) is 1.94. The maximum atomic E-state index is 10.6. The van der Waals surface area contributed by atoms with Gasteiger partial charge in [0, 0.05) is 34.4 Å². The van der Waals surface area contributed by atoms with Gasteiger partial charge in [-0.2, -0.15) is 0 Å². The molecule has 2 rings (SSSR count). The van der Waals surface area contributed by atoms with Crippen molar-refractivity contribution in [3.05, 3.63) is 62.6 Å². The van der Waals surface area contributed by atoms with Crippen molar-refractivity contribution in [3.8, 4) is 5.75 Å². The number of nitrogens with one attached hydrogen (secondary N) is 1. The van der Waals surface area contributed by atoms with Crippen LogP contribution in [0.5, 0.6) is 5.75 Å². The molecule has 0 atom stereocenters. The molecule has 2 aromatic carbocycles. The quantitative estimate of drug-likeness (QED) is 0.568. The second-order valence-corrected chi connectivity index (χ2v) is 5.67. The molecule has 0 saturated carbocycles. The number of hydrogen-bond donors (Lipinski definition) is 1. The summed E-state index contributed by atoms with van der Waals surface area (Å²) < 4.78 is 6.71. The Balaban J connectivity index is 2.06. The van der Waals surface area contributed by atoms with Gasteiger partial charge in [-0.25, -0.2) is 0 Å². The SMILES string of the molecule is CCCOc1ccc(Br)cc1CNc1ccc([N+](=O)[O-])cc1. The Hall–Kier alpha value is -2.08. The number of benzene rings is 2. The van der Waals surface area contributed by atoms with Gasteiger partial charge in [0.2, 0.25) is 0 Å². The molecule has 0 fully saturated rings. The van der Waals surface area contributed by atoms with Crippen LogP contribution in [0.4, 0.5) is 11.4 Å². The van der Waals surface area contributed by atoms with E-state index in [-0.39, 0.29) is 5.69 Å². The largest absolute Gasteiger partial charge is 0.493 e. The van der Waals surface area contributed by atoms with Crippen LogP contribution >= 0.6 is 15.9 Å². The fraction of sp³-hybridized carbons (Fsp3) is 0.250. The fourth-order valence-electron chi connectivity index (χ4n) is 1.94. The second-order valence-electron chi connectivity index (χ2n) is 4.76. The monoisotopic (exact) mass is 364 g/mol. The van der Waals surface area contributed by atoms with E-state index in [2.05, 4.69) is 28.2 Å². The van der Waals surface area contributed by atoms with Gasteiger partial charge < -0.3 is 10.1 Å². The minimum absolute atomic E-state index is 0.0833. The molecule has 6 heteroatoms. The summed E-state index contributed by atoms with van der Waals surface area (Å²) in [6.45, 7) is 3.32. The minimum Gasteiger partial charge on any atom is -0.493 e. The summed E-state index contributed by atoms with van der Waals surface area (Å²) in [5.74, 6) is 0.847. The molecule has 0 aromatic heterocycles. The fourth-order valence-corrected chi connectivity index (χ4v) is 2.35. The van der Waals surface area contributed by atoms with E-state index in [9.17, 15) is 10.1 Å². The van der Waals surface area contributed by atoms with Crippen molar-refractivity contribution in [1.82, 2.24) is 0 Å². The van der Waals surface area contributed by atoms with Gasteiger partial charge in [0.05, 0.1) is 11.5 Å². The van der Waals surface area contributed by atoms with Gasteiger partial charge in [-0.3, -0.25) is 10.1 Å². The average molecular weight is 365 g/mol. The van der Waals surface area contributed by atoms with Gasteiger partial charge in [0.25, 0.3) is 5.69 Å². The molecule has 0 saturated heterocycles. The lowest BCUT2D eigenvalue weighted by molar-refractivity contribution is -0.384. The molecule has 5 nitrogen and oxygen atoms in total. The normalized spacial score (nSPS) is 10.3. The van der Waals surface area contributed by atoms with Crippen molar-refractivity contribution in [2.24, 2.45) is 0 Å². The van der Waals surface area contributed by atoms with Gasteiger partial charge >= 0.3 is 0 Å². The van der Waals surface area contributed by atoms with E-state index in [4.69, 9.17) is 4.74 Å². The van der Waals surface area contributed by atoms with Crippen molar-refractivity contribution in [2.75, 3.05) is 11.9 Å². The summed E-state index contributed by atoms with van der Waals surface area (Å²) in [4.78, 5) is 10.2. The van der Waals surface area contributed by atoms with Crippen LogP contribution in [0.15, 0.2) is 46.9 Å². The summed E-state index contributed by atoms with van der Waals surface area (Å²) in [7, 11) is 0. The average Bonchev–Trinajstić information content (AvgIpc) is 2.52. The van der Waals surface area contributed by atoms with E-state index in [1.165, 1.54) is 12.1 Å². The third-order valence-corrected chi connectivity index (χ3v) is 3.54. The van der Waals surface area contributed by atoms with Gasteiger partial charge in [0.15, 0.2) is 0 Å². The van der Waals surface area contributed by atoms with E-state index in [0.29, 0.717) is 13.2 Å². The molecule has 116 valence electrons. The van der Waals surface area contributed by atoms with E-state index in [1.807, 2.05) is 18.2 Å². The number of non-ortho nitro benzene ring substituents is 1. The Morgan fingerprint density at radius 2 is 1.95 bits per heavy atom. The van der Waals surface area contributed by atoms with Gasteiger partial charge in [-0.1, -0.05) is 22.9 Å². The molecule has 0 amide bonds. The van der Waals surface area contributed by atoms with Crippen LogP contribution in [-0.2, 0) is 6.54 Å². The second kappa shape index (κ2) is 7.79. The zero-order chi connectivity index (χ0) is 15.9. The molecule has 0 unspecified atom stereocenters. The summed E-state index contributed by atoms with van der Waals surface area (Å²) in [6.07, 6.45) is 0.950. The number of nitrogens with zero attached hydrogens (tertiary/aromatic N) is 1. The lowest BCUT2D eigenvalue weighted by atomic mass is 10.2. The molecule has 0 aliphatic heterocycles. The van der Waals surface area contributed by atoms with Crippen molar-refractivity contribution < 1.29 is 9.66 Å². The first-order chi connectivity index (χ1) is 10.6. The standard InChI is InChI=1S/C16H17BrN2O3/c1-2-9-22-16-8-3-13(17)10-12(16)11-18-14-4-6-15(7-5-14)19(20)21/h3-8,10,18H,2,9,11H2,1H3. The molecule has 0 spiro atoms. The first-order valence-corrected chi connectivity index (χ1v) is 7.79. The molecular weight excluding hydrogens is 348 g/mol. The third kappa shape index (κ3) is 4.46. The zero-order valence-corrected chi connectivity index (χ0v) is 13.8. The molecular formula is C16H17BrN2O3. The third-order valence-electron chi connectivity index (χ3n) is 3.05. The minimum atomic E-state index is -0.408. The lowest BCUT2D eigenvalue weighted by Crippen LogP contribution is -2.04. The Morgan fingerprint density at radius 1 is 1.23 bits per heavy atom. The Kier molecular flexibility index (Phi) is 5.77. The molecule has 0 aliphatic carbocycles. The van der Waals surface area contributed by atoms with Crippen LogP contribution in [0.1, 0.15) is 18.9 Å². The Labute approximate surface area is 137 Å². The number of halogens is 1. The molecule has 0 bridgehead atoms. The Morgan fingerprint density at radius 3 is 2.59 bits per heavy atom. The van der Waals surface area contributed by atoms with Crippen molar-refractivity contribution in [3.63, 3.8) is 0 Å². The molecule has 0 aliphatic rings. The van der Waals surface area contributed by atoms with Crippen LogP contribution in [0.3, 0.4) is 0 Å². The predicted octanol–water partition coefficient (Wildman–Crippen LogP) is 4.76. The number of nitro benzene ring substituents is 1. The van der Waals surface area contributed by atoms with Gasteiger partial charge in [-0.05, 0) is 36.8 Å². The summed E-state index contributed by atoms with van der Waals surface area (Å²) >= 11 is 3.46. The topological polar surface area (TPSA) is 64.4 Å². The smallest absolute Gasteiger partial charge is 0.269 e. The molecule has 2 aromatic rings. The van der Waals surface area contributed by atoms with Crippen LogP contribution in [0.2, 0.25) is 0 Å². The van der Waals surface area contributed by atoms with E-state index in [1.54, 1.807) is 12.1 Å². The van der Waals surface area contributed by atoms with E-state index < -0.39 is 4.92 Å². The first kappa shape index (κ1) is 16.3. The number of nitro groups is 1. The number of anilines is 1. The highest BCUT2D eigenvalue weighted by atomic mass is 79.9. The van der Waals surface area contributed by atoms with E-state index >= 15 is 0 Å². The van der Waals surface area contributed by atoms with Crippen LogP contribution in [0, 0.1) is 10.1 Å². The predicted molar refractivity (Wildman–Crippen MR) is 90.4 cm³/mol. The van der Waals surface area contributed by atoms with Crippen molar-refractivity contribution >= 4 is 27.3 Å². The molecule has 1 N–H and O–H groups in total. The first-order valence-electron chi connectivity index (χ1n) is 6.99. The number of ether oxygens (including phenoxy) is 1. The number of hydrogen-bond acceptors (Lipinski definition) is 4. The van der Waals surface area contributed by atoms with Crippen molar-refractivity contribution in [1.29, 1.82) is 0 Å². The Bertz CT molecular complexity index is 644. The zero-order valence-electron chi connectivity index (χ0n) is 12.2. The van der Waals surface area contributed by atoms with Crippen LogP contribution < -0.4 is 10.1 Å². The maximum Gasteiger partial charge on any atom is 0.269 e. The summed E-state index contributed by atoms with van der Waals surface area (Å²) in [6, 6.07) is 12.2.